The lowest BCUT2D eigenvalue weighted by Gasteiger charge is -2.11. The number of hydrogen-bond donors (Lipinski definition) is 2. The largest absolute Gasteiger partial charge is 0.494 e. The number of H-pyrrole nitrogens is 1. The van der Waals surface area contributed by atoms with Crippen LogP contribution in [0.5, 0.6) is 11.5 Å². The summed E-state index contributed by atoms with van der Waals surface area (Å²) in [5.41, 5.74) is 2.97. The molecule has 0 aliphatic carbocycles. The summed E-state index contributed by atoms with van der Waals surface area (Å²) in [7, 11) is 1.44. The fraction of sp³-hybridized carbons (Fsp3) is 0.136. The SMILES string of the molecule is COc1ccc(OC)c2[nH]c(S(=O)c3ccc(NC(C)=O)cc3-c3ccccn3)nc12. The lowest BCUT2D eigenvalue weighted by molar-refractivity contribution is -0.114. The first kappa shape index (κ1) is 20.5. The summed E-state index contributed by atoms with van der Waals surface area (Å²) in [6.07, 6.45) is 1.66. The molecule has 4 aromatic rings. The van der Waals surface area contributed by atoms with Gasteiger partial charge in [-0.2, -0.15) is 0 Å². The second-order valence-corrected chi connectivity index (χ2v) is 7.98. The van der Waals surface area contributed by atoms with Crippen molar-refractivity contribution in [3.63, 3.8) is 0 Å². The predicted molar refractivity (Wildman–Crippen MR) is 118 cm³/mol. The first-order valence-corrected chi connectivity index (χ1v) is 10.5. The number of amides is 1. The minimum Gasteiger partial charge on any atom is -0.494 e. The van der Waals surface area contributed by atoms with Crippen LogP contribution in [-0.4, -0.2) is 39.3 Å². The molecule has 0 fully saturated rings. The van der Waals surface area contributed by atoms with Crippen LogP contribution in [0.1, 0.15) is 6.92 Å². The molecule has 8 nitrogen and oxygen atoms in total. The van der Waals surface area contributed by atoms with E-state index in [1.165, 1.54) is 6.92 Å². The first-order valence-electron chi connectivity index (χ1n) is 9.37. The van der Waals surface area contributed by atoms with Crippen LogP contribution in [0.3, 0.4) is 0 Å². The lowest BCUT2D eigenvalue weighted by atomic mass is 10.1. The van der Waals surface area contributed by atoms with Gasteiger partial charge in [0.25, 0.3) is 0 Å². The second-order valence-electron chi connectivity index (χ2n) is 6.61. The number of carbonyl (C=O) groups excluding carboxylic acids is 1. The molecule has 0 saturated carbocycles. The van der Waals surface area contributed by atoms with Gasteiger partial charge >= 0.3 is 0 Å². The minimum absolute atomic E-state index is 0.197. The molecule has 0 radical (unpaired) electrons. The van der Waals surface area contributed by atoms with Crippen LogP contribution in [0.4, 0.5) is 5.69 Å². The van der Waals surface area contributed by atoms with Gasteiger partial charge in [-0.3, -0.25) is 9.78 Å². The molecule has 2 N–H and O–H groups in total. The fourth-order valence-electron chi connectivity index (χ4n) is 3.24. The van der Waals surface area contributed by atoms with Gasteiger partial charge in [-0.05, 0) is 42.5 Å². The van der Waals surface area contributed by atoms with Crippen LogP contribution in [0, 0.1) is 0 Å². The van der Waals surface area contributed by atoms with Crippen molar-refractivity contribution < 1.29 is 18.5 Å². The third-order valence-electron chi connectivity index (χ3n) is 4.60. The molecule has 2 aromatic carbocycles. The fourth-order valence-corrected chi connectivity index (χ4v) is 4.38. The molecule has 9 heteroatoms. The maximum atomic E-state index is 13.6. The number of fused-ring (bicyclic) bond motifs is 1. The molecule has 0 bridgehead atoms. The van der Waals surface area contributed by atoms with Gasteiger partial charge in [0.2, 0.25) is 11.1 Å². The number of nitrogens with zero attached hydrogens (tertiary/aromatic N) is 2. The summed E-state index contributed by atoms with van der Waals surface area (Å²) < 4.78 is 24.3. The van der Waals surface area contributed by atoms with E-state index in [1.807, 2.05) is 12.1 Å². The highest BCUT2D eigenvalue weighted by molar-refractivity contribution is 7.85. The summed E-state index contributed by atoms with van der Waals surface area (Å²) in [5.74, 6) is 0.913. The Morgan fingerprint density at radius 1 is 1.06 bits per heavy atom. The number of benzene rings is 2. The molecule has 1 atom stereocenters. The van der Waals surface area contributed by atoms with Crippen molar-refractivity contribution >= 4 is 33.4 Å². The standard InChI is InChI=1S/C22H20N4O4S/c1-13(27)24-14-7-10-19(15(12-14)16-6-4-5-11-23-16)31(28)22-25-20-17(29-2)8-9-18(30-3)21(20)26-22/h4-12H,1-3H3,(H,24,27)(H,25,26). The van der Waals surface area contributed by atoms with Crippen LogP contribution in [0.2, 0.25) is 0 Å². The van der Waals surface area contributed by atoms with Crippen molar-refractivity contribution in [2.75, 3.05) is 19.5 Å². The smallest absolute Gasteiger partial charge is 0.221 e. The van der Waals surface area contributed by atoms with Crippen LogP contribution >= 0.6 is 0 Å². The third-order valence-corrected chi connectivity index (χ3v) is 5.90. The first-order chi connectivity index (χ1) is 15.0. The van der Waals surface area contributed by atoms with E-state index in [-0.39, 0.29) is 11.1 Å². The maximum absolute atomic E-state index is 13.6. The Hall–Kier alpha value is -3.72. The number of pyridine rings is 1. The highest BCUT2D eigenvalue weighted by Gasteiger charge is 2.21. The van der Waals surface area contributed by atoms with Gasteiger partial charge in [-0.15, -0.1) is 0 Å². The topological polar surface area (TPSA) is 106 Å². The molecule has 31 heavy (non-hydrogen) atoms. The predicted octanol–water partition coefficient (Wildman–Crippen LogP) is 3.77. The Balaban J connectivity index is 1.86. The Morgan fingerprint density at radius 2 is 1.84 bits per heavy atom. The average molecular weight is 436 g/mol. The van der Waals surface area contributed by atoms with Gasteiger partial charge in [-0.1, -0.05) is 6.07 Å². The van der Waals surface area contributed by atoms with Gasteiger partial charge < -0.3 is 19.8 Å². The lowest BCUT2D eigenvalue weighted by Crippen LogP contribution is -2.07. The van der Waals surface area contributed by atoms with E-state index in [2.05, 4.69) is 20.3 Å². The van der Waals surface area contributed by atoms with Gasteiger partial charge in [0.1, 0.15) is 33.3 Å². The zero-order valence-corrected chi connectivity index (χ0v) is 17.9. The Kier molecular flexibility index (Phi) is 5.68. The minimum atomic E-state index is -1.66. The number of aromatic amines is 1. The van der Waals surface area contributed by atoms with Crippen LogP contribution in [0.25, 0.3) is 22.3 Å². The normalized spacial score (nSPS) is 11.8. The zero-order chi connectivity index (χ0) is 22.0. The molecular formula is C22H20N4O4S. The van der Waals surface area contributed by atoms with Crippen molar-refractivity contribution in [1.82, 2.24) is 15.0 Å². The molecule has 0 aliphatic rings. The van der Waals surface area contributed by atoms with Crippen molar-refractivity contribution in [2.24, 2.45) is 0 Å². The van der Waals surface area contributed by atoms with E-state index in [0.717, 1.165) is 0 Å². The van der Waals surface area contributed by atoms with Crippen LogP contribution in [-0.2, 0) is 15.6 Å². The number of rotatable bonds is 6. The number of anilines is 1. The molecule has 0 spiro atoms. The van der Waals surface area contributed by atoms with Gasteiger partial charge in [0.05, 0.1) is 24.8 Å². The molecule has 4 rings (SSSR count). The van der Waals surface area contributed by atoms with E-state index >= 15 is 0 Å². The summed E-state index contributed by atoms with van der Waals surface area (Å²) >= 11 is 0. The number of ether oxygens (including phenoxy) is 2. The summed E-state index contributed by atoms with van der Waals surface area (Å²) in [5, 5.41) is 3.00. The van der Waals surface area contributed by atoms with Crippen molar-refractivity contribution in [1.29, 1.82) is 0 Å². The van der Waals surface area contributed by atoms with E-state index in [1.54, 1.807) is 56.8 Å². The number of aromatic nitrogens is 3. The third kappa shape index (κ3) is 3.99. The highest BCUT2D eigenvalue weighted by atomic mass is 32.2. The molecule has 0 aliphatic heterocycles. The van der Waals surface area contributed by atoms with Gasteiger partial charge in [0.15, 0.2) is 0 Å². The quantitative estimate of drug-likeness (QED) is 0.477. The van der Waals surface area contributed by atoms with Gasteiger partial charge in [-0.25, -0.2) is 9.19 Å². The van der Waals surface area contributed by atoms with E-state index in [9.17, 15) is 9.00 Å². The summed E-state index contributed by atoms with van der Waals surface area (Å²) in [6.45, 7) is 1.43. The molecule has 1 amide bonds. The molecule has 1 unspecified atom stereocenters. The monoisotopic (exact) mass is 436 g/mol. The second kappa shape index (κ2) is 8.57. The van der Waals surface area contributed by atoms with Crippen molar-refractivity contribution in [2.45, 2.75) is 17.0 Å². The number of imidazole rings is 1. The average Bonchev–Trinajstić information content (AvgIpc) is 3.24. The molecule has 158 valence electrons. The number of carbonyl (C=O) groups is 1. The van der Waals surface area contributed by atoms with Crippen LogP contribution in [0.15, 0.2) is 64.8 Å². The Labute approximate surface area is 181 Å². The maximum Gasteiger partial charge on any atom is 0.221 e. The highest BCUT2D eigenvalue weighted by Crippen LogP contribution is 2.34. The van der Waals surface area contributed by atoms with Crippen molar-refractivity contribution in [3.8, 4) is 22.8 Å². The van der Waals surface area contributed by atoms with E-state index in [4.69, 9.17) is 9.47 Å². The van der Waals surface area contributed by atoms with Gasteiger partial charge in [0, 0.05) is 24.4 Å². The number of nitrogens with one attached hydrogen (secondary N) is 2. The Bertz CT molecular complexity index is 1250. The van der Waals surface area contributed by atoms with E-state index in [0.29, 0.717) is 44.4 Å². The summed E-state index contributed by atoms with van der Waals surface area (Å²) in [4.78, 5) is 24.0. The number of methoxy groups -OCH3 is 2. The zero-order valence-electron chi connectivity index (χ0n) is 17.1. The molecule has 0 saturated heterocycles. The molecular weight excluding hydrogens is 416 g/mol. The molecule has 2 aromatic heterocycles. The molecule has 2 heterocycles. The van der Waals surface area contributed by atoms with Crippen molar-refractivity contribution in [3.05, 3.63) is 54.7 Å². The summed E-state index contributed by atoms with van der Waals surface area (Å²) in [6, 6.07) is 14.1. The van der Waals surface area contributed by atoms with E-state index < -0.39 is 10.8 Å². The number of hydrogen-bond acceptors (Lipinski definition) is 6. The van der Waals surface area contributed by atoms with Crippen LogP contribution < -0.4 is 14.8 Å². The Morgan fingerprint density at radius 3 is 2.52 bits per heavy atom.